The van der Waals surface area contributed by atoms with Gasteiger partial charge in [-0.2, -0.15) is 5.26 Å². The number of carbonyl (C=O) groups excluding carboxylic acids is 1. The summed E-state index contributed by atoms with van der Waals surface area (Å²) in [6.07, 6.45) is 1.18. The van der Waals surface area contributed by atoms with Gasteiger partial charge in [-0.15, -0.1) is 0 Å². The highest BCUT2D eigenvalue weighted by Gasteiger charge is 2.18. The number of hydrogen-bond donors (Lipinski definition) is 2. The molecule has 0 fully saturated rings. The number of anilines is 1. The third kappa shape index (κ3) is 4.39. The van der Waals surface area contributed by atoms with Gasteiger partial charge in [0, 0.05) is 16.8 Å². The molecule has 2 aromatic carbocycles. The molecule has 0 aliphatic heterocycles. The number of rotatable bonds is 4. The Kier molecular flexibility index (Phi) is 5.97. The Balaban J connectivity index is 2.35. The van der Waals surface area contributed by atoms with Crippen molar-refractivity contribution in [1.82, 2.24) is 0 Å². The first-order valence-electron chi connectivity index (χ1n) is 7.09. The van der Waals surface area contributed by atoms with Crippen LogP contribution in [0.3, 0.4) is 0 Å². The second-order valence-electron chi connectivity index (χ2n) is 5.22. The van der Waals surface area contributed by atoms with E-state index in [0.29, 0.717) is 10.7 Å². The number of amides is 1. The van der Waals surface area contributed by atoms with Crippen LogP contribution in [0.2, 0.25) is 5.02 Å². The van der Waals surface area contributed by atoms with E-state index in [0.717, 1.165) is 11.6 Å². The second kappa shape index (κ2) is 7.99. The average molecular weight is 437 g/mol. The molecule has 9 heteroatoms. The fourth-order valence-corrected chi connectivity index (χ4v) is 2.66. The third-order valence-corrected chi connectivity index (χ3v) is 4.38. The maximum absolute atomic E-state index is 12.3. The fourth-order valence-electron chi connectivity index (χ4n) is 2.01. The number of aryl methyl sites for hydroxylation is 1. The maximum atomic E-state index is 12.3. The molecule has 0 saturated heterocycles. The molecule has 2 N–H and O–H groups in total. The minimum atomic E-state index is -0.766. The quantitative estimate of drug-likeness (QED) is 0.315. The number of hydrogen-bond acceptors (Lipinski definition) is 5. The SMILES string of the molecule is Cc1ccc(NC(=O)/C(C#N)=C\c2cc(Br)c(O)c([N+](=O)[O-])c2)cc1Cl. The molecule has 2 rings (SSSR count). The van der Waals surface area contributed by atoms with Gasteiger partial charge in [0.2, 0.25) is 5.75 Å². The molecule has 132 valence electrons. The lowest BCUT2D eigenvalue weighted by atomic mass is 10.1. The Bertz CT molecular complexity index is 983. The van der Waals surface area contributed by atoms with E-state index in [1.165, 1.54) is 12.1 Å². The largest absolute Gasteiger partial charge is 0.501 e. The van der Waals surface area contributed by atoms with Crippen LogP contribution in [0.15, 0.2) is 40.4 Å². The van der Waals surface area contributed by atoms with Gasteiger partial charge in [-0.05, 0) is 58.3 Å². The molecular formula is C17H11BrClN3O4. The molecule has 2 aromatic rings. The molecule has 7 nitrogen and oxygen atoms in total. The van der Waals surface area contributed by atoms with Crippen LogP contribution >= 0.6 is 27.5 Å². The predicted molar refractivity (Wildman–Crippen MR) is 101 cm³/mol. The van der Waals surface area contributed by atoms with Crippen molar-refractivity contribution in [2.24, 2.45) is 0 Å². The zero-order valence-electron chi connectivity index (χ0n) is 13.3. The van der Waals surface area contributed by atoms with Crippen molar-refractivity contribution in [3.05, 3.63) is 66.6 Å². The van der Waals surface area contributed by atoms with Crippen LogP contribution in [-0.2, 0) is 4.79 Å². The lowest BCUT2D eigenvalue weighted by molar-refractivity contribution is -0.386. The van der Waals surface area contributed by atoms with Crippen molar-refractivity contribution in [2.75, 3.05) is 5.32 Å². The average Bonchev–Trinajstić information content (AvgIpc) is 2.58. The van der Waals surface area contributed by atoms with E-state index >= 15 is 0 Å². The van der Waals surface area contributed by atoms with E-state index in [4.69, 9.17) is 11.6 Å². The fraction of sp³-hybridized carbons (Fsp3) is 0.0588. The monoisotopic (exact) mass is 435 g/mol. The molecule has 1 amide bonds. The molecule has 0 aliphatic rings. The summed E-state index contributed by atoms with van der Waals surface area (Å²) < 4.78 is 0.0703. The van der Waals surface area contributed by atoms with Gasteiger partial charge in [-0.3, -0.25) is 14.9 Å². The number of nitriles is 1. The number of benzene rings is 2. The first-order chi connectivity index (χ1) is 12.2. The van der Waals surface area contributed by atoms with Gasteiger partial charge in [-0.25, -0.2) is 0 Å². The van der Waals surface area contributed by atoms with Gasteiger partial charge >= 0.3 is 5.69 Å². The number of nitro groups is 1. The van der Waals surface area contributed by atoms with E-state index in [9.17, 15) is 25.3 Å². The van der Waals surface area contributed by atoms with Gasteiger partial charge in [0.25, 0.3) is 5.91 Å². The van der Waals surface area contributed by atoms with Crippen molar-refractivity contribution in [3.63, 3.8) is 0 Å². The van der Waals surface area contributed by atoms with E-state index < -0.39 is 22.3 Å². The zero-order valence-corrected chi connectivity index (χ0v) is 15.6. The van der Waals surface area contributed by atoms with E-state index in [1.807, 2.05) is 6.92 Å². The highest BCUT2D eigenvalue weighted by atomic mass is 79.9. The lowest BCUT2D eigenvalue weighted by Crippen LogP contribution is -2.13. The number of nitrogens with zero attached hydrogens (tertiary/aromatic N) is 2. The van der Waals surface area contributed by atoms with Crippen molar-refractivity contribution in [2.45, 2.75) is 6.92 Å². The number of nitrogens with one attached hydrogen (secondary N) is 1. The summed E-state index contributed by atoms with van der Waals surface area (Å²) in [6, 6.07) is 9.07. The Morgan fingerprint density at radius 1 is 1.42 bits per heavy atom. The summed E-state index contributed by atoms with van der Waals surface area (Å²) in [4.78, 5) is 22.5. The summed E-state index contributed by atoms with van der Waals surface area (Å²) in [7, 11) is 0. The summed E-state index contributed by atoms with van der Waals surface area (Å²) in [5.41, 5.74) is 0.629. The number of nitro benzene ring substituents is 1. The van der Waals surface area contributed by atoms with Gasteiger partial charge < -0.3 is 10.4 Å². The topological polar surface area (TPSA) is 116 Å². The minimum Gasteiger partial charge on any atom is -0.501 e. The molecular weight excluding hydrogens is 426 g/mol. The molecule has 0 unspecified atom stereocenters. The van der Waals surface area contributed by atoms with Gasteiger partial charge in [0.05, 0.1) is 9.40 Å². The van der Waals surface area contributed by atoms with Crippen LogP contribution in [0.4, 0.5) is 11.4 Å². The van der Waals surface area contributed by atoms with Crippen LogP contribution in [-0.4, -0.2) is 15.9 Å². The molecule has 0 heterocycles. The standard InChI is InChI=1S/C17H11BrClN3O4/c1-9-2-3-12(7-14(9)19)21-17(24)11(8-20)4-10-5-13(18)16(23)15(6-10)22(25)26/h2-7,23H,1H3,(H,21,24)/b11-4-. The maximum Gasteiger partial charge on any atom is 0.312 e. The normalized spacial score (nSPS) is 10.9. The van der Waals surface area contributed by atoms with E-state index in [1.54, 1.807) is 24.3 Å². The van der Waals surface area contributed by atoms with E-state index in [-0.39, 0.29) is 15.6 Å². The number of carbonyl (C=O) groups is 1. The summed E-state index contributed by atoms with van der Waals surface area (Å²) in [5, 5.41) is 32.9. The van der Waals surface area contributed by atoms with E-state index in [2.05, 4.69) is 21.2 Å². The third-order valence-electron chi connectivity index (χ3n) is 3.37. The molecule has 0 bridgehead atoms. The van der Waals surface area contributed by atoms with Crippen molar-refractivity contribution in [3.8, 4) is 11.8 Å². The van der Waals surface area contributed by atoms with Crippen LogP contribution in [0.5, 0.6) is 5.75 Å². The summed E-state index contributed by atoms with van der Waals surface area (Å²) in [6.45, 7) is 1.81. The van der Waals surface area contributed by atoms with Crippen LogP contribution < -0.4 is 5.32 Å². The van der Waals surface area contributed by atoms with Crippen molar-refractivity contribution in [1.29, 1.82) is 5.26 Å². The molecule has 0 aromatic heterocycles. The zero-order chi connectivity index (χ0) is 19.4. The lowest BCUT2D eigenvalue weighted by Gasteiger charge is -2.06. The minimum absolute atomic E-state index is 0.0703. The van der Waals surface area contributed by atoms with Gasteiger partial charge in [0.15, 0.2) is 0 Å². The Morgan fingerprint density at radius 3 is 2.69 bits per heavy atom. The Morgan fingerprint density at radius 2 is 2.12 bits per heavy atom. The number of halogens is 2. The highest BCUT2D eigenvalue weighted by molar-refractivity contribution is 9.10. The first kappa shape index (κ1) is 19.4. The molecule has 0 aliphatic carbocycles. The number of aromatic hydroxyl groups is 1. The highest BCUT2D eigenvalue weighted by Crippen LogP contribution is 2.35. The van der Waals surface area contributed by atoms with Crippen LogP contribution in [0.1, 0.15) is 11.1 Å². The van der Waals surface area contributed by atoms with Crippen molar-refractivity contribution >= 4 is 50.9 Å². The molecule has 0 atom stereocenters. The smallest absolute Gasteiger partial charge is 0.312 e. The van der Waals surface area contributed by atoms with Gasteiger partial charge in [0.1, 0.15) is 11.6 Å². The predicted octanol–water partition coefficient (Wildman–Crippen LogP) is 4.57. The summed E-state index contributed by atoms with van der Waals surface area (Å²) >= 11 is 9.00. The number of phenolic OH excluding ortho intramolecular Hbond substituents is 1. The molecule has 26 heavy (non-hydrogen) atoms. The second-order valence-corrected chi connectivity index (χ2v) is 6.48. The van der Waals surface area contributed by atoms with Crippen molar-refractivity contribution < 1.29 is 14.8 Å². The Labute approximate surface area is 161 Å². The Hall–Kier alpha value is -2.89. The first-order valence-corrected chi connectivity index (χ1v) is 8.26. The summed E-state index contributed by atoms with van der Waals surface area (Å²) in [5.74, 6) is -1.23. The number of phenols is 1. The van der Waals surface area contributed by atoms with Crippen LogP contribution in [0.25, 0.3) is 6.08 Å². The molecule has 0 spiro atoms. The van der Waals surface area contributed by atoms with Crippen LogP contribution in [0, 0.1) is 28.4 Å². The van der Waals surface area contributed by atoms with Gasteiger partial charge in [-0.1, -0.05) is 17.7 Å². The molecule has 0 radical (unpaired) electrons. The molecule has 0 saturated carbocycles.